The minimum absolute atomic E-state index is 0.0332. The van der Waals surface area contributed by atoms with E-state index in [0.29, 0.717) is 16.5 Å². The van der Waals surface area contributed by atoms with E-state index in [1.165, 1.54) is 18.2 Å². The standard InChI is InChI=1S/C22H18Cl2FN3O4/c1-13(8-9-26-21(29)12-31-16-6-7-17(24)18(25)10-16)27-22(30)19-11-20(32-28-19)14-2-4-15(23)5-3-14/h2-7,10-11H,1,8-9,12H2,(H,26,29)(H,27,30). The molecule has 0 fully saturated rings. The number of halogens is 3. The molecule has 0 aliphatic heterocycles. The number of nitrogens with one attached hydrogen (secondary N) is 2. The van der Waals surface area contributed by atoms with Crippen molar-refractivity contribution in [2.75, 3.05) is 13.2 Å². The average molecular weight is 478 g/mol. The van der Waals surface area contributed by atoms with Crippen molar-refractivity contribution < 1.29 is 23.2 Å². The van der Waals surface area contributed by atoms with Crippen molar-refractivity contribution in [3.8, 4) is 17.1 Å². The van der Waals surface area contributed by atoms with Gasteiger partial charge in [-0.1, -0.05) is 34.9 Å². The maximum absolute atomic E-state index is 13.4. The Morgan fingerprint density at radius 1 is 1.12 bits per heavy atom. The van der Waals surface area contributed by atoms with Gasteiger partial charge in [-0.2, -0.15) is 0 Å². The SMILES string of the molecule is C=C(CCNC(=O)COc1ccc(Cl)c(F)c1)NC(=O)c1cc(-c2ccc(Cl)cc2)on1. The van der Waals surface area contributed by atoms with Crippen LogP contribution in [0.15, 0.2) is 65.3 Å². The van der Waals surface area contributed by atoms with Crippen molar-refractivity contribution in [3.05, 3.63) is 82.4 Å². The lowest BCUT2D eigenvalue weighted by Gasteiger charge is -2.09. The molecule has 2 N–H and O–H groups in total. The highest BCUT2D eigenvalue weighted by atomic mass is 35.5. The van der Waals surface area contributed by atoms with E-state index in [2.05, 4.69) is 22.4 Å². The number of carbonyl (C=O) groups is 2. The molecule has 10 heteroatoms. The maximum Gasteiger partial charge on any atom is 0.277 e. The first-order valence-corrected chi connectivity index (χ1v) is 10.1. The van der Waals surface area contributed by atoms with Crippen LogP contribution in [0.4, 0.5) is 4.39 Å². The van der Waals surface area contributed by atoms with Crippen LogP contribution in [-0.4, -0.2) is 30.1 Å². The molecule has 2 amide bonds. The summed E-state index contributed by atoms with van der Waals surface area (Å²) in [5.41, 5.74) is 1.20. The van der Waals surface area contributed by atoms with E-state index in [9.17, 15) is 14.0 Å². The molecule has 3 aromatic rings. The predicted octanol–water partition coefficient (Wildman–Crippen LogP) is 4.62. The van der Waals surface area contributed by atoms with Gasteiger partial charge >= 0.3 is 0 Å². The first kappa shape index (κ1) is 23.3. The number of hydrogen-bond acceptors (Lipinski definition) is 5. The summed E-state index contributed by atoms with van der Waals surface area (Å²) in [7, 11) is 0. The highest BCUT2D eigenvalue weighted by Gasteiger charge is 2.14. The fourth-order valence-electron chi connectivity index (χ4n) is 2.54. The van der Waals surface area contributed by atoms with E-state index in [1.54, 1.807) is 24.3 Å². The predicted molar refractivity (Wildman–Crippen MR) is 118 cm³/mol. The minimum atomic E-state index is -0.635. The third-order valence-electron chi connectivity index (χ3n) is 4.17. The van der Waals surface area contributed by atoms with E-state index >= 15 is 0 Å². The van der Waals surface area contributed by atoms with Gasteiger partial charge in [0.2, 0.25) is 0 Å². The molecular weight excluding hydrogens is 460 g/mol. The van der Waals surface area contributed by atoms with Gasteiger partial charge in [-0.05, 0) is 36.4 Å². The summed E-state index contributed by atoms with van der Waals surface area (Å²) >= 11 is 11.4. The Bertz CT molecular complexity index is 1130. The van der Waals surface area contributed by atoms with Gasteiger partial charge in [0.15, 0.2) is 18.1 Å². The molecule has 0 aliphatic rings. The Hall–Kier alpha value is -3.36. The van der Waals surface area contributed by atoms with Crippen LogP contribution in [0.1, 0.15) is 16.9 Å². The second kappa shape index (κ2) is 10.8. The number of amides is 2. The van der Waals surface area contributed by atoms with E-state index in [4.69, 9.17) is 32.5 Å². The van der Waals surface area contributed by atoms with Crippen LogP contribution in [0.25, 0.3) is 11.3 Å². The minimum Gasteiger partial charge on any atom is -0.484 e. The fraction of sp³-hybridized carbons (Fsp3) is 0.136. The number of rotatable bonds is 9. The van der Waals surface area contributed by atoms with Crippen molar-refractivity contribution in [3.63, 3.8) is 0 Å². The van der Waals surface area contributed by atoms with Gasteiger partial charge in [-0.25, -0.2) is 4.39 Å². The Morgan fingerprint density at radius 2 is 1.88 bits per heavy atom. The van der Waals surface area contributed by atoms with E-state index < -0.39 is 17.6 Å². The topological polar surface area (TPSA) is 93.5 Å². The molecule has 7 nitrogen and oxygen atoms in total. The van der Waals surface area contributed by atoms with Crippen molar-refractivity contribution in [1.29, 1.82) is 0 Å². The molecule has 0 saturated heterocycles. The van der Waals surface area contributed by atoms with E-state index in [-0.39, 0.29) is 36.0 Å². The van der Waals surface area contributed by atoms with Crippen molar-refractivity contribution >= 4 is 35.0 Å². The third kappa shape index (κ3) is 6.57. The molecule has 166 valence electrons. The van der Waals surface area contributed by atoms with Gasteiger partial charge in [0.05, 0.1) is 5.02 Å². The monoisotopic (exact) mass is 477 g/mol. The first-order chi connectivity index (χ1) is 15.3. The molecule has 0 spiro atoms. The molecule has 0 aliphatic carbocycles. The number of aromatic nitrogens is 1. The number of nitrogens with zero attached hydrogens (tertiary/aromatic N) is 1. The zero-order valence-electron chi connectivity index (χ0n) is 16.7. The van der Waals surface area contributed by atoms with Crippen LogP contribution in [0.3, 0.4) is 0 Å². The quantitative estimate of drug-likeness (QED) is 0.469. The maximum atomic E-state index is 13.4. The molecule has 0 saturated carbocycles. The van der Waals surface area contributed by atoms with Crippen LogP contribution < -0.4 is 15.4 Å². The fourth-order valence-corrected chi connectivity index (χ4v) is 2.78. The Kier molecular flexibility index (Phi) is 7.86. The van der Waals surface area contributed by atoms with Crippen molar-refractivity contribution in [2.24, 2.45) is 0 Å². The van der Waals surface area contributed by atoms with Crippen LogP contribution >= 0.6 is 23.2 Å². The normalized spacial score (nSPS) is 10.5. The summed E-state index contributed by atoms with van der Waals surface area (Å²) < 4.78 is 23.8. The Balaban J connectivity index is 1.39. The molecule has 0 bridgehead atoms. The van der Waals surface area contributed by atoms with Crippen LogP contribution in [0, 0.1) is 5.82 Å². The molecule has 1 aromatic heterocycles. The molecule has 1 heterocycles. The van der Waals surface area contributed by atoms with Gasteiger partial charge in [0.25, 0.3) is 11.8 Å². The van der Waals surface area contributed by atoms with Crippen molar-refractivity contribution in [2.45, 2.75) is 6.42 Å². The van der Waals surface area contributed by atoms with E-state index in [1.807, 2.05) is 0 Å². The first-order valence-electron chi connectivity index (χ1n) is 9.38. The van der Waals surface area contributed by atoms with Gasteiger partial charge in [-0.15, -0.1) is 0 Å². The third-order valence-corrected chi connectivity index (χ3v) is 4.73. The largest absolute Gasteiger partial charge is 0.484 e. The van der Waals surface area contributed by atoms with Gasteiger partial charge in [0.1, 0.15) is 11.6 Å². The van der Waals surface area contributed by atoms with Crippen molar-refractivity contribution in [1.82, 2.24) is 15.8 Å². The van der Waals surface area contributed by atoms with E-state index in [0.717, 1.165) is 11.6 Å². The summed E-state index contributed by atoms with van der Waals surface area (Å²) in [5, 5.41) is 9.52. The summed E-state index contributed by atoms with van der Waals surface area (Å²) in [4.78, 5) is 24.1. The molecule has 3 rings (SSSR count). The average Bonchev–Trinajstić information content (AvgIpc) is 3.25. The summed E-state index contributed by atoms with van der Waals surface area (Å²) in [6.45, 7) is 3.68. The summed E-state index contributed by atoms with van der Waals surface area (Å²) in [6.07, 6.45) is 0.287. The zero-order chi connectivity index (χ0) is 23.1. The molecule has 32 heavy (non-hydrogen) atoms. The summed E-state index contributed by atoms with van der Waals surface area (Å²) in [6, 6.07) is 12.3. The number of ether oxygens (including phenoxy) is 1. The van der Waals surface area contributed by atoms with Gasteiger partial charge in [-0.3, -0.25) is 9.59 Å². The van der Waals surface area contributed by atoms with Crippen LogP contribution in [-0.2, 0) is 4.79 Å². The van der Waals surface area contributed by atoms with Crippen LogP contribution in [0.5, 0.6) is 5.75 Å². The molecule has 0 unspecified atom stereocenters. The highest BCUT2D eigenvalue weighted by Crippen LogP contribution is 2.22. The number of hydrogen-bond donors (Lipinski definition) is 2. The second-order valence-electron chi connectivity index (χ2n) is 6.61. The van der Waals surface area contributed by atoms with Gasteiger partial charge in [0, 0.05) is 41.4 Å². The second-order valence-corrected chi connectivity index (χ2v) is 7.45. The molecular formula is C22H18Cl2FN3O4. The highest BCUT2D eigenvalue weighted by molar-refractivity contribution is 6.31. The lowest BCUT2D eigenvalue weighted by molar-refractivity contribution is -0.123. The molecule has 0 atom stereocenters. The summed E-state index contributed by atoms with van der Waals surface area (Å²) in [5.74, 6) is -0.930. The van der Waals surface area contributed by atoms with Crippen LogP contribution in [0.2, 0.25) is 10.0 Å². The Labute approximate surface area is 193 Å². The zero-order valence-corrected chi connectivity index (χ0v) is 18.2. The smallest absolute Gasteiger partial charge is 0.277 e. The number of benzene rings is 2. The van der Waals surface area contributed by atoms with Gasteiger partial charge < -0.3 is 19.9 Å². The lowest BCUT2D eigenvalue weighted by atomic mass is 10.1. The Morgan fingerprint density at radius 3 is 2.59 bits per heavy atom. The molecule has 2 aromatic carbocycles. The number of carbonyl (C=O) groups excluding carboxylic acids is 2. The lowest BCUT2D eigenvalue weighted by Crippen LogP contribution is -2.31. The molecule has 0 radical (unpaired) electrons.